The summed E-state index contributed by atoms with van der Waals surface area (Å²) in [7, 11) is 0. The molecule has 0 aliphatic carbocycles. The fourth-order valence-corrected chi connectivity index (χ4v) is 1.31. The molecule has 1 aromatic carbocycles. The lowest BCUT2D eigenvalue weighted by molar-refractivity contribution is -0.124. The maximum Gasteiger partial charge on any atom is 0.392 e. The smallest absolute Gasteiger partial charge is 0.392 e. The zero-order valence-electron chi connectivity index (χ0n) is 9.29. The molecule has 0 heterocycles. The van der Waals surface area contributed by atoms with Crippen molar-refractivity contribution in [3.05, 3.63) is 35.4 Å². The molecule has 18 heavy (non-hydrogen) atoms. The normalized spacial score (nSPS) is 12.5. The van der Waals surface area contributed by atoms with Gasteiger partial charge < -0.3 is 17.2 Å². The number of benzene rings is 1. The van der Waals surface area contributed by atoms with Crippen molar-refractivity contribution >= 4 is 17.3 Å². The summed E-state index contributed by atoms with van der Waals surface area (Å²) in [5, 5.41) is 0. The van der Waals surface area contributed by atoms with Crippen LogP contribution in [0.25, 0.3) is 5.70 Å². The van der Waals surface area contributed by atoms with Crippen molar-refractivity contribution in [3.8, 4) is 0 Å². The number of allylic oxidation sites excluding steroid dienone is 1. The van der Waals surface area contributed by atoms with E-state index in [1.807, 2.05) is 0 Å². The van der Waals surface area contributed by atoms with E-state index in [2.05, 4.69) is 0 Å². The van der Waals surface area contributed by atoms with Gasteiger partial charge in [0.2, 0.25) is 5.91 Å². The number of halogens is 3. The first kappa shape index (κ1) is 13.9. The summed E-state index contributed by atoms with van der Waals surface area (Å²) >= 11 is 0. The second kappa shape index (κ2) is 4.99. The van der Waals surface area contributed by atoms with E-state index >= 15 is 0 Å². The highest BCUT2D eigenvalue weighted by Gasteiger charge is 2.25. The molecule has 0 atom stereocenters. The summed E-state index contributed by atoms with van der Waals surface area (Å²) in [6, 6.07) is 3.98. The monoisotopic (exact) mass is 259 g/mol. The van der Waals surface area contributed by atoms with Crippen LogP contribution >= 0.6 is 0 Å². The Kier molecular flexibility index (Phi) is 3.85. The van der Waals surface area contributed by atoms with Crippen molar-refractivity contribution in [2.24, 2.45) is 11.5 Å². The van der Waals surface area contributed by atoms with Crippen molar-refractivity contribution in [1.82, 2.24) is 0 Å². The Morgan fingerprint density at radius 2 is 1.89 bits per heavy atom. The quantitative estimate of drug-likeness (QED) is 0.720. The number of amides is 1. The number of hydrogen-bond donors (Lipinski definition) is 3. The number of hydrogen-bond acceptors (Lipinski definition) is 3. The van der Waals surface area contributed by atoms with Gasteiger partial charge in [-0.1, -0.05) is 12.1 Å². The van der Waals surface area contributed by atoms with Crippen molar-refractivity contribution in [1.29, 1.82) is 0 Å². The van der Waals surface area contributed by atoms with Crippen LogP contribution in [0.3, 0.4) is 0 Å². The van der Waals surface area contributed by atoms with E-state index in [-0.39, 0.29) is 22.5 Å². The SMILES string of the molecule is NC(=O)c1ccc(/C(N)=C/CC(F)(F)F)c(N)c1. The predicted molar refractivity (Wildman–Crippen MR) is 62.2 cm³/mol. The average molecular weight is 259 g/mol. The molecule has 6 N–H and O–H groups in total. The zero-order chi connectivity index (χ0) is 13.9. The van der Waals surface area contributed by atoms with Crippen LogP contribution in [-0.4, -0.2) is 12.1 Å². The zero-order valence-corrected chi connectivity index (χ0v) is 9.29. The number of primary amides is 1. The molecule has 0 saturated heterocycles. The number of anilines is 1. The predicted octanol–water partition coefficient (Wildman–Crippen LogP) is 1.62. The number of nitrogen functional groups attached to an aromatic ring is 1. The standard InChI is InChI=1S/C11H12F3N3O/c12-11(13,14)4-3-8(15)7-2-1-6(10(17)18)5-9(7)16/h1-3,5H,4,15-16H2,(H2,17,18)/b8-3-. The molecule has 0 aliphatic rings. The van der Waals surface area contributed by atoms with Crippen molar-refractivity contribution < 1.29 is 18.0 Å². The molecule has 1 aromatic rings. The van der Waals surface area contributed by atoms with Crippen LogP contribution < -0.4 is 17.2 Å². The van der Waals surface area contributed by atoms with E-state index in [9.17, 15) is 18.0 Å². The summed E-state index contributed by atoms with van der Waals surface area (Å²) in [6.07, 6.45) is -4.64. The van der Waals surface area contributed by atoms with Gasteiger partial charge in [-0.15, -0.1) is 0 Å². The molecule has 0 unspecified atom stereocenters. The highest BCUT2D eigenvalue weighted by molar-refractivity contribution is 5.94. The van der Waals surface area contributed by atoms with Gasteiger partial charge >= 0.3 is 6.18 Å². The van der Waals surface area contributed by atoms with E-state index in [0.29, 0.717) is 0 Å². The third-order valence-electron chi connectivity index (χ3n) is 2.20. The Hall–Kier alpha value is -2.18. The van der Waals surface area contributed by atoms with Gasteiger partial charge in [0.15, 0.2) is 0 Å². The van der Waals surface area contributed by atoms with E-state index < -0.39 is 18.5 Å². The fourth-order valence-electron chi connectivity index (χ4n) is 1.31. The number of nitrogens with two attached hydrogens (primary N) is 3. The van der Waals surface area contributed by atoms with Crippen molar-refractivity contribution in [2.75, 3.05) is 5.73 Å². The van der Waals surface area contributed by atoms with Crippen LogP contribution in [0, 0.1) is 0 Å². The summed E-state index contributed by atoms with van der Waals surface area (Å²) in [5.74, 6) is -0.675. The first-order valence-electron chi connectivity index (χ1n) is 4.93. The van der Waals surface area contributed by atoms with Gasteiger partial charge in [-0.2, -0.15) is 13.2 Å². The molecule has 1 amide bonds. The average Bonchev–Trinajstić information content (AvgIpc) is 2.24. The van der Waals surface area contributed by atoms with Crippen molar-refractivity contribution in [3.63, 3.8) is 0 Å². The number of carbonyl (C=O) groups is 1. The molecule has 0 bridgehead atoms. The van der Waals surface area contributed by atoms with Gasteiger partial charge in [-0.3, -0.25) is 4.79 Å². The number of alkyl halides is 3. The summed E-state index contributed by atoms with van der Waals surface area (Å²) in [4.78, 5) is 10.9. The van der Waals surface area contributed by atoms with E-state index in [0.717, 1.165) is 6.08 Å². The van der Waals surface area contributed by atoms with E-state index in [1.165, 1.54) is 18.2 Å². The first-order valence-corrected chi connectivity index (χ1v) is 4.93. The van der Waals surface area contributed by atoms with E-state index in [4.69, 9.17) is 17.2 Å². The molecule has 0 spiro atoms. The molecule has 1 rings (SSSR count). The number of carbonyl (C=O) groups excluding carboxylic acids is 1. The van der Waals surface area contributed by atoms with E-state index in [1.54, 1.807) is 0 Å². The van der Waals surface area contributed by atoms with Crippen LogP contribution in [-0.2, 0) is 0 Å². The molecular formula is C11H12F3N3O. The Labute approximate surface area is 101 Å². The minimum atomic E-state index is -4.33. The second-order valence-corrected chi connectivity index (χ2v) is 3.65. The number of rotatable bonds is 3. The highest BCUT2D eigenvalue weighted by atomic mass is 19.4. The summed E-state index contributed by atoms with van der Waals surface area (Å²) < 4.78 is 36.0. The maximum atomic E-state index is 12.0. The molecule has 0 fully saturated rings. The van der Waals surface area contributed by atoms with Crippen LogP contribution in [0.2, 0.25) is 0 Å². The molecule has 7 heteroatoms. The molecule has 0 aliphatic heterocycles. The minimum absolute atomic E-state index is 0.0964. The fraction of sp³-hybridized carbons (Fsp3) is 0.182. The van der Waals surface area contributed by atoms with Gasteiger partial charge in [0.25, 0.3) is 0 Å². The highest BCUT2D eigenvalue weighted by Crippen LogP contribution is 2.24. The largest absolute Gasteiger partial charge is 0.398 e. The van der Waals surface area contributed by atoms with Gasteiger partial charge in [0, 0.05) is 22.5 Å². The maximum absolute atomic E-state index is 12.0. The van der Waals surface area contributed by atoms with Gasteiger partial charge in [-0.25, -0.2) is 0 Å². The lowest BCUT2D eigenvalue weighted by Crippen LogP contribution is -2.12. The molecule has 0 aromatic heterocycles. The lowest BCUT2D eigenvalue weighted by atomic mass is 10.1. The Morgan fingerprint density at radius 3 is 2.33 bits per heavy atom. The Balaban J connectivity index is 3.00. The molecule has 98 valence electrons. The third-order valence-corrected chi connectivity index (χ3v) is 2.20. The van der Waals surface area contributed by atoms with Crippen LogP contribution in [0.1, 0.15) is 22.3 Å². The summed E-state index contributed by atoms with van der Waals surface area (Å²) in [5.41, 5.74) is 16.5. The van der Waals surface area contributed by atoms with Gasteiger partial charge in [0.05, 0.1) is 6.42 Å². The van der Waals surface area contributed by atoms with Crippen molar-refractivity contribution in [2.45, 2.75) is 12.6 Å². The molecular weight excluding hydrogens is 247 g/mol. The lowest BCUT2D eigenvalue weighted by Gasteiger charge is -2.08. The Bertz CT molecular complexity index is 495. The minimum Gasteiger partial charge on any atom is -0.398 e. The van der Waals surface area contributed by atoms with Crippen LogP contribution in [0.5, 0.6) is 0 Å². The second-order valence-electron chi connectivity index (χ2n) is 3.65. The van der Waals surface area contributed by atoms with Gasteiger partial charge in [0.1, 0.15) is 0 Å². The molecule has 4 nitrogen and oxygen atoms in total. The topological polar surface area (TPSA) is 95.1 Å². The summed E-state index contributed by atoms with van der Waals surface area (Å²) in [6.45, 7) is 0. The van der Waals surface area contributed by atoms with Crippen LogP contribution in [0.15, 0.2) is 24.3 Å². The van der Waals surface area contributed by atoms with Gasteiger partial charge in [-0.05, 0) is 12.1 Å². The third kappa shape index (κ3) is 3.69. The van der Waals surface area contributed by atoms with Crippen LogP contribution in [0.4, 0.5) is 18.9 Å². The molecule has 0 radical (unpaired) electrons. The molecule has 0 saturated carbocycles. The Morgan fingerprint density at radius 1 is 1.28 bits per heavy atom. The first-order chi connectivity index (χ1) is 8.20.